The molecule has 116 valence electrons. The molecule has 2 rings (SSSR count). The molecule has 0 aromatic carbocycles. The van der Waals surface area contributed by atoms with Crippen molar-refractivity contribution in [2.24, 2.45) is 0 Å². The van der Waals surface area contributed by atoms with Gasteiger partial charge in [-0.2, -0.15) is 5.10 Å². The van der Waals surface area contributed by atoms with E-state index < -0.39 is 5.97 Å². The summed E-state index contributed by atoms with van der Waals surface area (Å²) >= 11 is 0. The molecule has 0 saturated carbocycles. The van der Waals surface area contributed by atoms with Gasteiger partial charge in [-0.25, -0.2) is 4.79 Å². The van der Waals surface area contributed by atoms with Gasteiger partial charge in [0.15, 0.2) is 0 Å². The number of rotatable bonds is 4. The third-order valence-corrected chi connectivity index (χ3v) is 3.38. The van der Waals surface area contributed by atoms with Crippen molar-refractivity contribution in [1.82, 2.24) is 14.7 Å². The summed E-state index contributed by atoms with van der Waals surface area (Å²) in [5.74, 6) is -0.982. The van der Waals surface area contributed by atoms with E-state index in [0.29, 0.717) is 18.8 Å². The predicted octanol–water partition coefficient (Wildman–Crippen LogP) is 0.999. The zero-order valence-corrected chi connectivity index (χ0v) is 12.2. The molecule has 2 unspecified atom stereocenters. The number of carboxylic acid groups (broad SMARTS) is 1. The Labute approximate surface area is 122 Å². The lowest BCUT2D eigenvalue weighted by molar-refractivity contribution is -0.137. The van der Waals surface area contributed by atoms with Gasteiger partial charge < -0.3 is 20.1 Å². The second-order valence-electron chi connectivity index (χ2n) is 5.11. The number of carbonyl (C=O) groups excluding carboxylic acids is 1. The van der Waals surface area contributed by atoms with Gasteiger partial charge in [0.25, 0.3) is 0 Å². The highest BCUT2D eigenvalue weighted by molar-refractivity contribution is 5.89. The molecule has 21 heavy (non-hydrogen) atoms. The number of amides is 2. The third kappa shape index (κ3) is 3.94. The minimum atomic E-state index is -0.982. The molecule has 8 nitrogen and oxygen atoms in total. The van der Waals surface area contributed by atoms with Gasteiger partial charge in [0.1, 0.15) is 6.54 Å². The van der Waals surface area contributed by atoms with Gasteiger partial charge in [0, 0.05) is 12.7 Å². The van der Waals surface area contributed by atoms with E-state index in [2.05, 4.69) is 10.4 Å². The Bertz CT molecular complexity index is 516. The maximum atomic E-state index is 12.3. The van der Waals surface area contributed by atoms with Crippen molar-refractivity contribution in [3.05, 3.63) is 12.4 Å². The van der Waals surface area contributed by atoms with Crippen LogP contribution in [0, 0.1) is 0 Å². The summed E-state index contributed by atoms with van der Waals surface area (Å²) in [4.78, 5) is 24.7. The molecule has 1 fully saturated rings. The fourth-order valence-corrected chi connectivity index (χ4v) is 2.28. The number of hydrogen-bond donors (Lipinski definition) is 2. The van der Waals surface area contributed by atoms with Crippen LogP contribution in [0.2, 0.25) is 0 Å². The van der Waals surface area contributed by atoms with Gasteiger partial charge >= 0.3 is 12.0 Å². The zero-order valence-electron chi connectivity index (χ0n) is 12.2. The Morgan fingerprint density at radius 3 is 3.00 bits per heavy atom. The number of nitrogens with one attached hydrogen (secondary N) is 1. The lowest BCUT2D eigenvalue weighted by Gasteiger charge is -2.38. The van der Waals surface area contributed by atoms with Crippen LogP contribution >= 0.6 is 0 Å². The molecule has 2 N–H and O–H groups in total. The maximum Gasteiger partial charge on any atom is 0.325 e. The van der Waals surface area contributed by atoms with Gasteiger partial charge in [-0.15, -0.1) is 0 Å². The number of urea groups is 1. The quantitative estimate of drug-likeness (QED) is 0.864. The minimum Gasteiger partial charge on any atom is -0.480 e. The molecule has 2 amide bonds. The Hall–Kier alpha value is -2.09. The van der Waals surface area contributed by atoms with Crippen LogP contribution in [0.5, 0.6) is 0 Å². The smallest absolute Gasteiger partial charge is 0.325 e. The molecule has 1 aliphatic heterocycles. The maximum absolute atomic E-state index is 12.3. The van der Waals surface area contributed by atoms with Crippen LogP contribution in [-0.2, 0) is 16.1 Å². The first-order chi connectivity index (χ1) is 9.99. The highest BCUT2D eigenvalue weighted by Crippen LogP contribution is 2.16. The van der Waals surface area contributed by atoms with E-state index >= 15 is 0 Å². The number of anilines is 1. The molecule has 1 aromatic heterocycles. The molecule has 0 aliphatic carbocycles. The summed E-state index contributed by atoms with van der Waals surface area (Å²) in [5.41, 5.74) is 0.482. The monoisotopic (exact) mass is 296 g/mol. The van der Waals surface area contributed by atoms with Gasteiger partial charge in [-0.05, 0) is 13.3 Å². The number of aromatic nitrogens is 2. The van der Waals surface area contributed by atoms with Crippen molar-refractivity contribution in [2.75, 3.05) is 18.5 Å². The Kier molecular flexibility index (Phi) is 4.79. The normalized spacial score (nSPS) is 22.1. The molecule has 2 heterocycles. The fourth-order valence-electron chi connectivity index (χ4n) is 2.28. The first-order valence-electron chi connectivity index (χ1n) is 6.93. The van der Waals surface area contributed by atoms with Crippen LogP contribution in [0.4, 0.5) is 10.5 Å². The molecule has 0 spiro atoms. The summed E-state index contributed by atoms with van der Waals surface area (Å²) in [6, 6.07) is -0.165. The summed E-state index contributed by atoms with van der Waals surface area (Å²) in [5, 5.41) is 15.3. The average molecular weight is 296 g/mol. The van der Waals surface area contributed by atoms with Crippen LogP contribution in [0.1, 0.15) is 20.3 Å². The summed E-state index contributed by atoms with van der Waals surface area (Å²) in [7, 11) is 0. The van der Waals surface area contributed by atoms with E-state index in [1.165, 1.54) is 17.1 Å². The molecular weight excluding hydrogens is 276 g/mol. The van der Waals surface area contributed by atoms with Crippen LogP contribution in [0.3, 0.4) is 0 Å². The van der Waals surface area contributed by atoms with Crippen molar-refractivity contribution in [3.63, 3.8) is 0 Å². The van der Waals surface area contributed by atoms with Crippen LogP contribution < -0.4 is 5.32 Å². The van der Waals surface area contributed by atoms with Crippen molar-refractivity contribution in [1.29, 1.82) is 0 Å². The molecule has 1 aliphatic rings. The van der Waals surface area contributed by atoms with Crippen molar-refractivity contribution >= 4 is 17.7 Å². The third-order valence-electron chi connectivity index (χ3n) is 3.38. The van der Waals surface area contributed by atoms with E-state index in [1.807, 2.05) is 13.8 Å². The highest BCUT2D eigenvalue weighted by Gasteiger charge is 2.29. The number of carboxylic acids is 1. The second kappa shape index (κ2) is 6.57. The Morgan fingerprint density at radius 2 is 2.33 bits per heavy atom. The van der Waals surface area contributed by atoms with E-state index in [0.717, 1.165) is 6.42 Å². The van der Waals surface area contributed by atoms with Crippen molar-refractivity contribution in [2.45, 2.75) is 39.0 Å². The van der Waals surface area contributed by atoms with E-state index in [1.54, 1.807) is 4.90 Å². The molecule has 0 bridgehead atoms. The average Bonchev–Trinajstić information content (AvgIpc) is 2.85. The van der Waals surface area contributed by atoms with Gasteiger partial charge in [0.2, 0.25) is 0 Å². The second-order valence-corrected chi connectivity index (χ2v) is 5.11. The van der Waals surface area contributed by atoms with Crippen LogP contribution in [0.15, 0.2) is 12.4 Å². The zero-order chi connectivity index (χ0) is 15.4. The number of ether oxygens (including phenoxy) is 1. The lowest BCUT2D eigenvalue weighted by atomic mass is 10.1. The summed E-state index contributed by atoms with van der Waals surface area (Å²) < 4.78 is 6.82. The standard InChI is InChI=1S/C13H20N4O4/c1-3-11-8-21-9(2)5-17(11)13(20)15-10-4-14-16(6-10)7-12(18)19/h4,6,9,11H,3,5,7-8H2,1-2H3,(H,15,20)(H,18,19). The number of morpholine rings is 1. The summed E-state index contributed by atoms with van der Waals surface area (Å²) in [6.07, 6.45) is 3.76. The number of carbonyl (C=O) groups is 2. The molecule has 0 radical (unpaired) electrons. The molecule has 1 saturated heterocycles. The van der Waals surface area contributed by atoms with Crippen molar-refractivity contribution in [3.8, 4) is 0 Å². The van der Waals surface area contributed by atoms with Gasteiger partial charge in [0.05, 0.1) is 30.6 Å². The van der Waals surface area contributed by atoms with Gasteiger partial charge in [-0.3, -0.25) is 9.48 Å². The van der Waals surface area contributed by atoms with E-state index in [-0.39, 0.29) is 24.7 Å². The Morgan fingerprint density at radius 1 is 1.57 bits per heavy atom. The number of nitrogens with zero attached hydrogens (tertiary/aromatic N) is 3. The predicted molar refractivity (Wildman–Crippen MR) is 75.1 cm³/mol. The minimum absolute atomic E-state index is 0.00767. The molecule has 2 atom stereocenters. The van der Waals surface area contributed by atoms with Crippen LogP contribution in [-0.4, -0.2) is 57.1 Å². The first kappa shape index (κ1) is 15.3. The van der Waals surface area contributed by atoms with Crippen LogP contribution in [0.25, 0.3) is 0 Å². The lowest BCUT2D eigenvalue weighted by Crippen LogP contribution is -2.52. The summed E-state index contributed by atoms with van der Waals surface area (Å²) in [6.45, 7) is 4.77. The largest absolute Gasteiger partial charge is 0.480 e. The van der Waals surface area contributed by atoms with Crippen molar-refractivity contribution < 1.29 is 19.4 Å². The van der Waals surface area contributed by atoms with E-state index in [9.17, 15) is 9.59 Å². The molecule has 1 aromatic rings. The first-order valence-corrected chi connectivity index (χ1v) is 6.93. The van der Waals surface area contributed by atoms with Gasteiger partial charge in [-0.1, -0.05) is 6.92 Å². The fraction of sp³-hybridized carbons (Fsp3) is 0.615. The van der Waals surface area contributed by atoms with E-state index in [4.69, 9.17) is 9.84 Å². The topological polar surface area (TPSA) is 96.7 Å². The number of hydrogen-bond acceptors (Lipinski definition) is 4. The molecular formula is C13H20N4O4. The number of aliphatic carboxylic acids is 1. The SMILES string of the molecule is CCC1COC(C)CN1C(=O)Nc1cnn(CC(=O)O)c1. The Balaban J connectivity index is 1.99. The molecule has 8 heteroatoms. The highest BCUT2D eigenvalue weighted by atomic mass is 16.5.